The Morgan fingerprint density at radius 2 is 2.29 bits per heavy atom. The summed E-state index contributed by atoms with van der Waals surface area (Å²) in [6.07, 6.45) is 2.92. The van der Waals surface area contributed by atoms with Gasteiger partial charge in [0.25, 0.3) is 0 Å². The molecule has 1 aliphatic rings. The van der Waals surface area contributed by atoms with Crippen LogP contribution in [0, 0.1) is 5.41 Å². The molecule has 1 aliphatic heterocycles. The van der Waals surface area contributed by atoms with Crippen molar-refractivity contribution in [3.63, 3.8) is 0 Å². The van der Waals surface area contributed by atoms with Gasteiger partial charge in [-0.15, -0.1) is 0 Å². The van der Waals surface area contributed by atoms with Crippen LogP contribution in [0.15, 0.2) is 12.3 Å². The zero-order valence-corrected chi connectivity index (χ0v) is 8.70. The molecule has 2 heterocycles. The number of anilines is 2. The minimum absolute atomic E-state index is 0.354. The van der Waals surface area contributed by atoms with Crippen molar-refractivity contribution in [1.29, 1.82) is 0 Å². The summed E-state index contributed by atoms with van der Waals surface area (Å²) in [5.41, 5.74) is 5.98. The Hall–Kier alpha value is -1.32. The van der Waals surface area contributed by atoms with E-state index in [4.69, 9.17) is 5.73 Å². The largest absolute Gasteiger partial charge is 0.368 e. The Bertz CT molecular complexity index is 331. The average Bonchev–Trinajstić information content (AvgIpc) is 2.13. The van der Waals surface area contributed by atoms with E-state index >= 15 is 0 Å². The third kappa shape index (κ3) is 1.52. The molecule has 2 rings (SSSR count). The molecule has 1 aromatic heterocycles. The second-order valence-electron chi connectivity index (χ2n) is 4.29. The van der Waals surface area contributed by atoms with E-state index in [2.05, 4.69) is 28.7 Å². The molecule has 4 heteroatoms. The molecule has 1 aromatic rings. The number of nitrogens with two attached hydrogens (primary N) is 1. The molecule has 4 nitrogen and oxygen atoms in total. The van der Waals surface area contributed by atoms with Crippen LogP contribution in [0.2, 0.25) is 0 Å². The second kappa shape index (κ2) is 3.12. The Morgan fingerprint density at radius 1 is 1.57 bits per heavy atom. The first-order chi connectivity index (χ1) is 6.63. The zero-order valence-electron chi connectivity index (χ0n) is 8.70. The molecular formula is C10H16N4. The molecule has 1 saturated heterocycles. The number of nitrogen functional groups attached to an aromatic ring is 1. The number of rotatable bonds is 2. The van der Waals surface area contributed by atoms with Gasteiger partial charge in [0, 0.05) is 24.7 Å². The SMILES string of the molecule is CCC1(C)CN(c2ccnc(N)n2)C1. The first kappa shape index (κ1) is 9.24. The van der Waals surface area contributed by atoms with E-state index < -0.39 is 0 Å². The van der Waals surface area contributed by atoms with Gasteiger partial charge in [-0.2, -0.15) is 4.98 Å². The van der Waals surface area contributed by atoms with E-state index in [1.165, 1.54) is 6.42 Å². The molecule has 0 spiro atoms. The van der Waals surface area contributed by atoms with Gasteiger partial charge in [0.2, 0.25) is 5.95 Å². The van der Waals surface area contributed by atoms with E-state index in [1.54, 1.807) is 6.20 Å². The Balaban J connectivity index is 2.06. The number of hydrogen-bond donors (Lipinski definition) is 1. The lowest BCUT2D eigenvalue weighted by molar-refractivity contribution is 0.232. The first-order valence-corrected chi connectivity index (χ1v) is 4.96. The number of aromatic nitrogens is 2. The van der Waals surface area contributed by atoms with Gasteiger partial charge in [-0.05, 0) is 12.5 Å². The van der Waals surface area contributed by atoms with Crippen LogP contribution in [0.5, 0.6) is 0 Å². The molecule has 0 bridgehead atoms. The lowest BCUT2D eigenvalue weighted by Crippen LogP contribution is -2.54. The van der Waals surface area contributed by atoms with Crippen molar-refractivity contribution in [3.05, 3.63) is 12.3 Å². The predicted octanol–water partition coefficient (Wildman–Crippen LogP) is 1.30. The summed E-state index contributed by atoms with van der Waals surface area (Å²) >= 11 is 0. The maximum Gasteiger partial charge on any atom is 0.221 e. The van der Waals surface area contributed by atoms with E-state index in [-0.39, 0.29) is 0 Å². The van der Waals surface area contributed by atoms with Crippen LogP contribution in [0.25, 0.3) is 0 Å². The lowest BCUT2D eigenvalue weighted by Gasteiger charge is -2.48. The molecule has 1 fully saturated rings. The fourth-order valence-corrected chi connectivity index (χ4v) is 1.80. The van der Waals surface area contributed by atoms with Gasteiger partial charge >= 0.3 is 0 Å². The third-order valence-electron chi connectivity index (χ3n) is 2.98. The van der Waals surface area contributed by atoms with Crippen molar-refractivity contribution in [2.24, 2.45) is 5.41 Å². The summed E-state index contributed by atoms with van der Waals surface area (Å²) in [6.45, 7) is 6.67. The monoisotopic (exact) mass is 192 g/mol. The van der Waals surface area contributed by atoms with Crippen molar-refractivity contribution in [2.45, 2.75) is 20.3 Å². The summed E-state index contributed by atoms with van der Waals surface area (Å²) in [5.74, 6) is 1.30. The van der Waals surface area contributed by atoms with Gasteiger partial charge in [0.1, 0.15) is 5.82 Å². The third-order valence-corrected chi connectivity index (χ3v) is 2.98. The summed E-state index contributed by atoms with van der Waals surface area (Å²) in [4.78, 5) is 10.3. The van der Waals surface area contributed by atoms with Gasteiger partial charge in [-0.25, -0.2) is 4.98 Å². The Labute approximate surface area is 84.2 Å². The molecule has 0 unspecified atom stereocenters. The molecule has 2 N–H and O–H groups in total. The van der Waals surface area contributed by atoms with Gasteiger partial charge in [0.05, 0.1) is 0 Å². The van der Waals surface area contributed by atoms with Crippen LogP contribution in [-0.2, 0) is 0 Å². The smallest absolute Gasteiger partial charge is 0.221 e. The summed E-state index contributed by atoms with van der Waals surface area (Å²) < 4.78 is 0. The molecule has 0 radical (unpaired) electrons. The van der Waals surface area contributed by atoms with E-state index in [0.717, 1.165) is 18.9 Å². The predicted molar refractivity (Wildman–Crippen MR) is 57.1 cm³/mol. The van der Waals surface area contributed by atoms with Crippen LogP contribution < -0.4 is 10.6 Å². The highest BCUT2D eigenvalue weighted by Gasteiger charge is 2.37. The van der Waals surface area contributed by atoms with E-state index in [0.29, 0.717) is 11.4 Å². The summed E-state index contributed by atoms with van der Waals surface area (Å²) in [6, 6.07) is 1.91. The molecule has 76 valence electrons. The second-order valence-corrected chi connectivity index (χ2v) is 4.29. The molecule has 0 aromatic carbocycles. The highest BCUT2D eigenvalue weighted by atomic mass is 15.3. The van der Waals surface area contributed by atoms with Gasteiger partial charge in [-0.3, -0.25) is 0 Å². The van der Waals surface area contributed by atoms with E-state index in [9.17, 15) is 0 Å². The van der Waals surface area contributed by atoms with Crippen LogP contribution >= 0.6 is 0 Å². The van der Waals surface area contributed by atoms with Crippen molar-refractivity contribution in [1.82, 2.24) is 9.97 Å². The van der Waals surface area contributed by atoms with Crippen molar-refractivity contribution >= 4 is 11.8 Å². The molecule has 0 amide bonds. The van der Waals surface area contributed by atoms with Crippen LogP contribution in [0.4, 0.5) is 11.8 Å². The highest BCUT2D eigenvalue weighted by molar-refractivity contribution is 5.44. The number of hydrogen-bond acceptors (Lipinski definition) is 4. The minimum Gasteiger partial charge on any atom is -0.368 e. The molecule has 0 aliphatic carbocycles. The maximum atomic E-state index is 5.53. The van der Waals surface area contributed by atoms with Crippen LogP contribution in [0.1, 0.15) is 20.3 Å². The molecule has 14 heavy (non-hydrogen) atoms. The standard InChI is InChI=1S/C10H16N4/c1-3-10(2)6-14(7-10)8-4-5-12-9(11)13-8/h4-5H,3,6-7H2,1-2H3,(H2,11,12,13). The van der Waals surface area contributed by atoms with Crippen LogP contribution in [0.3, 0.4) is 0 Å². The highest BCUT2D eigenvalue weighted by Crippen LogP contribution is 2.35. The topological polar surface area (TPSA) is 55.0 Å². The van der Waals surface area contributed by atoms with Crippen molar-refractivity contribution in [2.75, 3.05) is 23.7 Å². The fourth-order valence-electron chi connectivity index (χ4n) is 1.80. The average molecular weight is 192 g/mol. The molecule has 0 atom stereocenters. The normalized spacial score (nSPS) is 19.1. The molecule has 0 saturated carbocycles. The molecular weight excluding hydrogens is 176 g/mol. The quantitative estimate of drug-likeness (QED) is 0.767. The number of nitrogens with zero attached hydrogens (tertiary/aromatic N) is 3. The van der Waals surface area contributed by atoms with Gasteiger partial charge in [0.15, 0.2) is 0 Å². The Morgan fingerprint density at radius 3 is 2.86 bits per heavy atom. The lowest BCUT2D eigenvalue weighted by atomic mass is 9.79. The van der Waals surface area contributed by atoms with E-state index in [1.807, 2.05) is 6.07 Å². The maximum absolute atomic E-state index is 5.53. The van der Waals surface area contributed by atoms with Gasteiger partial charge < -0.3 is 10.6 Å². The van der Waals surface area contributed by atoms with Crippen LogP contribution in [-0.4, -0.2) is 23.1 Å². The first-order valence-electron chi connectivity index (χ1n) is 4.96. The van der Waals surface area contributed by atoms with Gasteiger partial charge in [-0.1, -0.05) is 13.8 Å². The summed E-state index contributed by atoms with van der Waals surface area (Å²) in [5, 5.41) is 0. The van der Waals surface area contributed by atoms with Crippen molar-refractivity contribution < 1.29 is 0 Å². The van der Waals surface area contributed by atoms with Crippen molar-refractivity contribution in [3.8, 4) is 0 Å². The Kier molecular flexibility index (Phi) is 2.06. The minimum atomic E-state index is 0.354. The summed E-state index contributed by atoms with van der Waals surface area (Å²) in [7, 11) is 0. The zero-order chi connectivity index (χ0) is 10.2. The fraction of sp³-hybridized carbons (Fsp3) is 0.600.